The van der Waals surface area contributed by atoms with Crippen molar-refractivity contribution in [2.24, 2.45) is 10.9 Å². The molecule has 0 aromatic heterocycles. The Morgan fingerprint density at radius 1 is 1.12 bits per heavy atom. The van der Waals surface area contributed by atoms with Crippen LogP contribution in [0.4, 0.5) is 0 Å². The number of rotatable bonds is 8. The highest BCUT2D eigenvalue weighted by Crippen LogP contribution is 2.05. The van der Waals surface area contributed by atoms with Crippen LogP contribution in [0.1, 0.15) is 19.4 Å². The summed E-state index contributed by atoms with van der Waals surface area (Å²) in [5.41, 5.74) is 1.36. The van der Waals surface area contributed by atoms with Crippen molar-refractivity contribution in [2.45, 2.75) is 20.3 Å². The largest absolute Gasteiger partial charge is 0.357 e. The molecule has 0 bridgehead atoms. The number of likely N-dealkylation sites (N-methyl/N-ethyl adjacent to an activating group) is 1. The molecule has 1 atom stereocenters. The Balaban J connectivity index is 0.00000338. The number of nitrogens with zero attached hydrogens (tertiary/aromatic N) is 3. The summed E-state index contributed by atoms with van der Waals surface area (Å²) in [7, 11) is 2.20. The standard InChI is InChI=1S/C20H35N5.HI/c1-4-21-20(22-11-10-19-8-6-5-7-9-19)23-16-18(2)17-25-14-12-24(3)13-15-25;/h5-9,18H,4,10-17H2,1-3H3,(H2,21,22,23);1H. The summed E-state index contributed by atoms with van der Waals surface area (Å²) in [4.78, 5) is 9.75. The van der Waals surface area contributed by atoms with Crippen LogP contribution in [-0.2, 0) is 6.42 Å². The maximum atomic E-state index is 4.78. The third kappa shape index (κ3) is 9.19. The molecule has 2 rings (SSSR count). The van der Waals surface area contributed by atoms with Crippen molar-refractivity contribution in [3.63, 3.8) is 0 Å². The normalized spacial score (nSPS) is 17.4. The molecule has 1 aliphatic rings. The molecule has 1 aromatic carbocycles. The zero-order valence-corrected chi connectivity index (χ0v) is 18.9. The van der Waals surface area contributed by atoms with Crippen LogP contribution < -0.4 is 10.6 Å². The highest BCUT2D eigenvalue weighted by Gasteiger charge is 2.15. The van der Waals surface area contributed by atoms with Gasteiger partial charge in [-0.05, 0) is 31.9 Å². The molecule has 1 unspecified atom stereocenters. The molecule has 0 aliphatic carbocycles. The Kier molecular flexibility index (Phi) is 11.9. The quantitative estimate of drug-likeness (QED) is 0.346. The van der Waals surface area contributed by atoms with Crippen molar-refractivity contribution in [3.8, 4) is 0 Å². The lowest BCUT2D eigenvalue weighted by Gasteiger charge is -2.33. The van der Waals surface area contributed by atoms with Crippen LogP contribution in [0.3, 0.4) is 0 Å². The molecular weight excluding hydrogens is 437 g/mol. The van der Waals surface area contributed by atoms with Gasteiger partial charge in [-0.3, -0.25) is 4.99 Å². The van der Waals surface area contributed by atoms with Gasteiger partial charge in [0.05, 0.1) is 0 Å². The number of piperazine rings is 1. The Hall–Kier alpha value is -0.860. The van der Waals surface area contributed by atoms with E-state index in [1.165, 1.54) is 31.7 Å². The molecule has 6 heteroatoms. The van der Waals surface area contributed by atoms with E-state index in [0.717, 1.165) is 38.6 Å². The summed E-state index contributed by atoms with van der Waals surface area (Å²) in [5.74, 6) is 1.51. The van der Waals surface area contributed by atoms with E-state index in [4.69, 9.17) is 4.99 Å². The molecule has 2 N–H and O–H groups in total. The van der Waals surface area contributed by atoms with Crippen LogP contribution in [0.25, 0.3) is 0 Å². The molecular formula is C20H36IN5. The number of guanidine groups is 1. The van der Waals surface area contributed by atoms with Crippen LogP contribution in [0, 0.1) is 5.92 Å². The highest BCUT2D eigenvalue weighted by molar-refractivity contribution is 14.0. The number of halogens is 1. The molecule has 1 aliphatic heterocycles. The van der Waals surface area contributed by atoms with Gasteiger partial charge in [-0.2, -0.15) is 0 Å². The average molecular weight is 473 g/mol. The van der Waals surface area contributed by atoms with Crippen molar-refractivity contribution < 1.29 is 0 Å². The van der Waals surface area contributed by atoms with Gasteiger partial charge in [0.1, 0.15) is 0 Å². The third-order valence-electron chi connectivity index (χ3n) is 4.62. The molecule has 0 spiro atoms. The van der Waals surface area contributed by atoms with Gasteiger partial charge in [0.2, 0.25) is 0 Å². The van der Waals surface area contributed by atoms with Crippen LogP contribution in [0.5, 0.6) is 0 Å². The monoisotopic (exact) mass is 473 g/mol. The Morgan fingerprint density at radius 3 is 2.46 bits per heavy atom. The number of benzene rings is 1. The Labute approximate surface area is 176 Å². The molecule has 1 saturated heterocycles. The first-order chi connectivity index (χ1) is 12.2. The summed E-state index contributed by atoms with van der Waals surface area (Å²) < 4.78 is 0. The second-order valence-electron chi connectivity index (χ2n) is 7.09. The van der Waals surface area contributed by atoms with E-state index in [2.05, 4.69) is 71.7 Å². The van der Waals surface area contributed by atoms with Gasteiger partial charge in [-0.1, -0.05) is 37.3 Å². The van der Waals surface area contributed by atoms with Crippen molar-refractivity contribution in [2.75, 3.05) is 59.4 Å². The molecule has 5 nitrogen and oxygen atoms in total. The summed E-state index contributed by atoms with van der Waals surface area (Å²) >= 11 is 0. The molecule has 148 valence electrons. The summed E-state index contributed by atoms with van der Waals surface area (Å²) in [6.45, 7) is 12.9. The second kappa shape index (κ2) is 13.3. The summed E-state index contributed by atoms with van der Waals surface area (Å²) in [6.07, 6.45) is 1.02. The summed E-state index contributed by atoms with van der Waals surface area (Å²) in [5, 5.41) is 6.80. The number of hydrogen-bond acceptors (Lipinski definition) is 3. The molecule has 0 radical (unpaired) electrons. The van der Waals surface area contributed by atoms with Crippen LogP contribution in [-0.4, -0.2) is 75.2 Å². The summed E-state index contributed by atoms with van der Waals surface area (Å²) in [6, 6.07) is 10.6. The minimum absolute atomic E-state index is 0. The van der Waals surface area contributed by atoms with E-state index in [1.807, 2.05) is 0 Å². The first-order valence-electron chi connectivity index (χ1n) is 9.64. The van der Waals surface area contributed by atoms with Gasteiger partial charge in [0, 0.05) is 52.4 Å². The fraction of sp³-hybridized carbons (Fsp3) is 0.650. The van der Waals surface area contributed by atoms with E-state index < -0.39 is 0 Å². The smallest absolute Gasteiger partial charge is 0.191 e. The zero-order chi connectivity index (χ0) is 17.9. The van der Waals surface area contributed by atoms with E-state index in [9.17, 15) is 0 Å². The van der Waals surface area contributed by atoms with Crippen molar-refractivity contribution in [1.29, 1.82) is 0 Å². The van der Waals surface area contributed by atoms with E-state index in [-0.39, 0.29) is 24.0 Å². The number of aliphatic imine (C=N–C) groups is 1. The van der Waals surface area contributed by atoms with Crippen molar-refractivity contribution >= 4 is 29.9 Å². The van der Waals surface area contributed by atoms with E-state index in [0.29, 0.717) is 5.92 Å². The van der Waals surface area contributed by atoms with Crippen molar-refractivity contribution in [1.82, 2.24) is 20.4 Å². The van der Waals surface area contributed by atoms with Gasteiger partial charge in [-0.25, -0.2) is 0 Å². The van der Waals surface area contributed by atoms with E-state index in [1.54, 1.807) is 0 Å². The molecule has 26 heavy (non-hydrogen) atoms. The first-order valence-corrected chi connectivity index (χ1v) is 9.64. The topological polar surface area (TPSA) is 42.9 Å². The minimum atomic E-state index is 0. The Morgan fingerprint density at radius 2 is 1.81 bits per heavy atom. The van der Waals surface area contributed by atoms with Gasteiger partial charge in [0.25, 0.3) is 0 Å². The highest BCUT2D eigenvalue weighted by atomic mass is 127. The average Bonchev–Trinajstić information content (AvgIpc) is 2.62. The molecule has 1 fully saturated rings. The predicted octanol–water partition coefficient (Wildman–Crippen LogP) is 2.29. The maximum absolute atomic E-state index is 4.78. The third-order valence-corrected chi connectivity index (χ3v) is 4.62. The number of hydrogen-bond donors (Lipinski definition) is 2. The lowest BCUT2D eigenvalue weighted by molar-refractivity contribution is 0.140. The van der Waals surface area contributed by atoms with Gasteiger partial charge in [0.15, 0.2) is 5.96 Å². The number of nitrogens with one attached hydrogen (secondary N) is 2. The second-order valence-corrected chi connectivity index (χ2v) is 7.09. The van der Waals surface area contributed by atoms with Crippen LogP contribution in [0.2, 0.25) is 0 Å². The maximum Gasteiger partial charge on any atom is 0.191 e. The minimum Gasteiger partial charge on any atom is -0.357 e. The first kappa shape index (κ1) is 23.2. The SMILES string of the molecule is CCNC(=NCC(C)CN1CCN(C)CC1)NCCc1ccccc1.I. The van der Waals surface area contributed by atoms with Crippen LogP contribution >= 0.6 is 24.0 Å². The van der Waals surface area contributed by atoms with Gasteiger partial charge < -0.3 is 20.4 Å². The van der Waals surface area contributed by atoms with Gasteiger partial charge in [-0.15, -0.1) is 24.0 Å². The molecule has 1 heterocycles. The predicted molar refractivity (Wildman–Crippen MR) is 123 cm³/mol. The fourth-order valence-corrected chi connectivity index (χ4v) is 3.09. The van der Waals surface area contributed by atoms with E-state index >= 15 is 0 Å². The van der Waals surface area contributed by atoms with Gasteiger partial charge >= 0.3 is 0 Å². The lowest BCUT2D eigenvalue weighted by atomic mass is 10.1. The zero-order valence-electron chi connectivity index (χ0n) is 16.6. The molecule has 0 saturated carbocycles. The van der Waals surface area contributed by atoms with Crippen molar-refractivity contribution in [3.05, 3.63) is 35.9 Å². The Bertz CT molecular complexity index is 500. The molecule has 1 aromatic rings. The van der Waals surface area contributed by atoms with Crippen LogP contribution in [0.15, 0.2) is 35.3 Å². The lowest BCUT2D eigenvalue weighted by Crippen LogP contribution is -2.46. The molecule has 0 amide bonds. The fourth-order valence-electron chi connectivity index (χ4n) is 3.09.